The summed E-state index contributed by atoms with van der Waals surface area (Å²) in [5.74, 6) is 0. The predicted octanol–water partition coefficient (Wildman–Crippen LogP) is 4.39. The summed E-state index contributed by atoms with van der Waals surface area (Å²) < 4.78 is 7.04. The maximum Gasteiger partial charge on any atom is 0.288 e. The van der Waals surface area contributed by atoms with Crippen molar-refractivity contribution in [3.05, 3.63) is 89.5 Å². The van der Waals surface area contributed by atoms with Gasteiger partial charge in [-0.3, -0.25) is 0 Å². The molecule has 0 atom stereocenters. The smallest absolute Gasteiger partial charge is 0.288 e. The second kappa shape index (κ2) is 7.45. The zero-order chi connectivity index (χ0) is 19.7. The predicted molar refractivity (Wildman–Crippen MR) is 119 cm³/mol. The highest BCUT2D eigenvalue weighted by Gasteiger charge is 2.44. The number of hydrogen-bond acceptors (Lipinski definition) is 1. The van der Waals surface area contributed by atoms with Crippen molar-refractivity contribution in [3.8, 4) is 0 Å². The van der Waals surface area contributed by atoms with E-state index in [1.165, 1.54) is 32.3 Å². The first-order valence-corrected chi connectivity index (χ1v) is 11.5. The summed E-state index contributed by atoms with van der Waals surface area (Å²) in [7, 11) is -2.63. The Labute approximate surface area is 165 Å². The molecule has 0 bridgehead atoms. The summed E-state index contributed by atoms with van der Waals surface area (Å²) in [6, 6.07) is 26.7. The molecule has 0 amide bonds. The molecule has 0 heterocycles. The van der Waals surface area contributed by atoms with Crippen LogP contribution in [0, 0.1) is 20.8 Å². The Morgan fingerprint density at radius 2 is 0.778 bits per heavy atom. The van der Waals surface area contributed by atoms with Gasteiger partial charge >= 0.3 is 0 Å². The third-order valence-corrected chi connectivity index (χ3v) is 9.19. The summed E-state index contributed by atoms with van der Waals surface area (Å²) in [6.07, 6.45) is 0. The van der Waals surface area contributed by atoms with Gasteiger partial charge < -0.3 is 4.43 Å². The monoisotopic (exact) mass is 374 g/mol. The van der Waals surface area contributed by atoms with Crippen molar-refractivity contribution < 1.29 is 4.43 Å². The second-order valence-electron chi connectivity index (χ2n) is 8.49. The van der Waals surface area contributed by atoms with Crippen molar-refractivity contribution in [1.82, 2.24) is 0 Å². The summed E-state index contributed by atoms with van der Waals surface area (Å²) in [4.78, 5) is 0. The van der Waals surface area contributed by atoms with Gasteiger partial charge in [-0.15, -0.1) is 0 Å². The van der Waals surface area contributed by atoms with Crippen LogP contribution < -0.4 is 15.6 Å². The van der Waals surface area contributed by atoms with Crippen molar-refractivity contribution in [2.75, 3.05) is 0 Å². The number of aryl methyl sites for hydroxylation is 3. The standard InChI is InChI=1S/C25H30OSi/c1-19-7-13-22(14-8-19)27(26-25(4,5)6,23-15-9-20(2)10-16-23)24-17-11-21(3)12-18-24/h7-18H,1-6H3. The molecule has 0 aromatic heterocycles. The number of hydrogen-bond donors (Lipinski definition) is 0. The fraction of sp³-hybridized carbons (Fsp3) is 0.280. The molecule has 3 rings (SSSR count). The Kier molecular flexibility index (Phi) is 5.41. The van der Waals surface area contributed by atoms with Gasteiger partial charge in [-0.2, -0.15) is 0 Å². The third kappa shape index (κ3) is 4.23. The molecule has 3 aromatic rings. The summed E-state index contributed by atoms with van der Waals surface area (Å²) in [5.41, 5.74) is 3.55. The molecule has 0 saturated heterocycles. The molecule has 0 fully saturated rings. The van der Waals surface area contributed by atoms with E-state index in [1.54, 1.807) is 0 Å². The van der Waals surface area contributed by atoms with Crippen LogP contribution in [0.2, 0.25) is 0 Å². The lowest BCUT2D eigenvalue weighted by atomic mass is 10.2. The highest BCUT2D eigenvalue weighted by molar-refractivity contribution is 7.07. The normalized spacial score (nSPS) is 12.2. The van der Waals surface area contributed by atoms with E-state index in [4.69, 9.17) is 4.43 Å². The highest BCUT2D eigenvalue weighted by Crippen LogP contribution is 2.19. The SMILES string of the molecule is Cc1ccc([Si](OC(C)(C)C)(c2ccc(C)cc2)c2ccc(C)cc2)cc1. The lowest BCUT2D eigenvalue weighted by Crippen LogP contribution is -2.71. The zero-order valence-electron chi connectivity index (χ0n) is 17.3. The van der Waals surface area contributed by atoms with Crippen LogP contribution in [-0.2, 0) is 4.43 Å². The molecule has 0 aliphatic heterocycles. The lowest BCUT2D eigenvalue weighted by molar-refractivity contribution is 0.130. The quantitative estimate of drug-likeness (QED) is 0.486. The molecule has 0 N–H and O–H groups in total. The van der Waals surface area contributed by atoms with Gasteiger partial charge in [0.25, 0.3) is 8.32 Å². The summed E-state index contributed by atoms with van der Waals surface area (Å²) >= 11 is 0. The Balaban J connectivity index is 2.34. The van der Waals surface area contributed by atoms with Crippen molar-refractivity contribution in [3.63, 3.8) is 0 Å². The van der Waals surface area contributed by atoms with E-state index in [2.05, 4.69) is 114 Å². The van der Waals surface area contributed by atoms with Crippen LogP contribution in [0.1, 0.15) is 37.5 Å². The van der Waals surface area contributed by atoms with Crippen LogP contribution in [0.15, 0.2) is 72.8 Å². The van der Waals surface area contributed by atoms with Gasteiger partial charge in [0, 0.05) is 5.60 Å². The van der Waals surface area contributed by atoms with E-state index in [1.807, 2.05) is 0 Å². The number of benzene rings is 3. The molecule has 0 aliphatic carbocycles. The molecule has 27 heavy (non-hydrogen) atoms. The highest BCUT2D eigenvalue weighted by atomic mass is 28.4. The number of rotatable bonds is 4. The third-order valence-electron chi connectivity index (χ3n) is 4.83. The second-order valence-corrected chi connectivity index (χ2v) is 11.8. The first kappa shape index (κ1) is 19.6. The van der Waals surface area contributed by atoms with Gasteiger partial charge in [-0.25, -0.2) is 0 Å². The Morgan fingerprint density at radius 1 is 0.519 bits per heavy atom. The molecule has 0 saturated carbocycles. The van der Waals surface area contributed by atoms with Crippen molar-refractivity contribution in [2.24, 2.45) is 0 Å². The maximum absolute atomic E-state index is 7.04. The lowest BCUT2D eigenvalue weighted by Gasteiger charge is -2.39. The van der Waals surface area contributed by atoms with E-state index in [-0.39, 0.29) is 5.60 Å². The van der Waals surface area contributed by atoms with Gasteiger partial charge in [0.2, 0.25) is 0 Å². The summed E-state index contributed by atoms with van der Waals surface area (Å²) in [5, 5.41) is 3.86. The van der Waals surface area contributed by atoms with Crippen molar-refractivity contribution >= 4 is 23.9 Å². The molecule has 2 heteroatoms. The maximum atomic E-state index is 7.04. The van der Waals surface area contributed by atoms with E-state index in [0.717, 1.165) is 0 Å². The van der Waals surface area contributed by atoms with E-state index < -0.39 is 8.32 Å². The Morgan fingerprint density at radius 3 is 1.00 bits per heavy atom. The van der Waals surface area contributed by atoms with Gasteiger partial charge in [0.15, 0.2) is 0 Å². The van der Waals surface area contributed by atoms with E-state index in [0.29, 0.717) is 0 Å². The zero-order valence-corrected chi connectivity index (χ0v) is 18.3. The average Bonchev–Trinajstić information content (AvgIpc) is 2.61. The minimum Gasteiger partial charge on any atom is -0.399 e. The fourth-order valence-corrected chi connectivity index (χ4v) is 7.68. The molecule has 3 aromatic carbocycles. The van der Waals surface area contributed by atoms with Crippen LogP contribution in [0.3, 0.4) is 0 Å². The van der Waals surface area contributed by atoms with Gasteiger partial charge in [-0.05, 0) is 57.1 Å². The van der Waals surface area contributed by atoms with Crippen molar-refractivity contribution in [2.45, 2.75) is 47.1 Å². The minimum absolute atomic E-state index is 0.257. The van der Waals surface area contributed by atoms with Gasteiger partial charge in [0.05, 0.1) is 0 Å². The molecule has 140 valence electrons. The van der Waals surface area contributed by atoms with Crippen LogP contribution in [0.4, 0.5) is 0 Å². The van der Waals surface area contributed by atoms with Crippen LogP contribution in [0.25, 0.3) is 0 Å². The van der Waals surface area contributed by atoms with Crippen molar-refractivity contribution in [1.29, 1.82) is 0 Å². The molecule has 0 unspecified atom stereocenters. The fourth-order valence-electron chi connectivity index (χ4n) is 3.50. The average molecular weight is 375 g/mol. The Bertz CT molecular complexity index is 774. The molecule has 0 spiro atoms. The molecule has 0 aliphatic rings. The van der Waals surface area contributed by atoms with Crippen LogP contribution in [-0.4, -0.2) is 13.9 Å². The van der Waals surface area contributed by atoms with E-state index >= 15 is 0 Å². The largest absolute Gasteiger partial charge is 0.399 e. The molecule has 0 radical (unpaired) electrons. The summed E-state index contributed by atoms with van der Waals surface area (Å²) in [6.45, 7) is 12.9. The van der Waals surface area contributed by atoms with Gasteiger partial charge in [-0.1, -0.05) is 89.5 Å². The van der Waals surface area contributed by atoms with E-state index in [9.17, 15) is 0 Å². The van der Waals surface area contributed by atoms with Crippen LogP contribution in [0.5, 0.6) is 0 Å². The first-order valence-electron chi connectivity index (χ1n) is 9.62. The van der Waals surface area contributed by atoms with Gasteiger partial charge in [0.1, 0.15) is 0 Å². The molecular formula is C25H30OSi. The topological polar surface area (TPSA) is 9.23 Å². The first-order chi connectivity index (χ1) is 12.7. The van der Waals surface area contributed by atoms with Crippen LogP contribution >= 0.6 is 0 Å². The minimum atomic E-state index is -2.63. The molecular weight excluding hydrogens is 344 g/mol. The Hall–Kier alpha value is -2.16. The molecule has 1 nitrogen and oxygen atoms in total.